The summed E-state index contributed by atoms with van der Waals surface area (Å²) in [5.74, 6) is -0.0524. The van der Waals surface area contributed by atoms with E-state index in [2.05, 4.69) is 4.98 Å². The topological polar surface area (TPSA) is 95.6 Å². The molecule has 0 aliphatic rings. The molecule has 3 aromatic heterocycles. The number of nitrogen functional groups attached to an aromatic ring is 1. The van der Waals surface area contributed by atoms with Crippen molar-refractivity contribution in [2.45, 2.75) is 6.61 Å². The molecule has 0 saturated heterocycles. The van der Waals surface area contributed by atoms with Crippen LogP contribution in [-0.4, -0.2) is 15.3 Å². The van der Waals surface area contributed by atoms with Crippen molar-refractivity contribution in [3.8, 4) is 16.3 Å². The van der Waals surface area contributed by atoms with Crippen LogP contribution in [0.4, 0.5) is 5.69 Å². The monoisotopic (exact) mass is 364 g/mol. The first kappa shape index (κ1) is 16.2. The van der Waals surface area contributed by atoms with E-state index in [-0.39, 0.29) is 0 Å². The van der Waals surface area contributed by atoms with Crippen LogP contribution in [0.25, 0.3) is 16.2 Å². The molecule has 3 heterocycles. The second-order valence-electron chi connectivity index (χ2n) is 5.77. The normalized spacial score (nSPS) is 10.9. The number of hydrogen-bond acceptors (Lipinski definition) is 5. The lowest BCUT2D eigenvalue weighted by Gasteiger charge is -2.06. The van der Waals surface area contributed by atoms with Crippen LogP contribution in [0, 0.1) is 0 Å². The molecular weight excluding hydrogens is 348 g/mol. The number of rotatable bonds is 5. The van der Waals surface area contributed by atoms with Gasteiger partial charge in [0.2, 0.25) is 0 Å². The zero-order valence-corrected chi connectivity index (χ0v) is 14.6. The minimum atomic E-state index is -0.516. The van der Waals surface area contributed by atoms with Gasteiger partial charge in [-0.15, -0.1) is 11.3 Å². The third-order valence-corrected chi connectivity index (χ3v) is 5.09. The Labute approximate surface area is 153 Å². The summed E-state index contributed by atoms with van der Waals surface area (Å²) in [5, 5.41) is 0. The van der Waals surface area contributed by atoms with Crippen LogP contribution in [0.1, 0.15) is 15.2 Å². The maximum atomic E-state index is 11.8. The number of nitrogens with zero attached hydrogens (tertiary/aromatic N) is 2. The van der Waals surface area contributed by atoms with Crippen LogP contribution in [0.3, 0.4) is 0 Å². The number of hydrogen-bond donors (Lipinski definition) is 2. The molecule has 0 radical (unpaired) electrons. The average Bonchev–Trinajstić information content (AvgIpc) is 3.24. The minimum absolute atomic E-state index is 0.300. The Hall–Kier alpha value is -3.32. The van der Waals surface area contributed by atoms with Crippen LogP contribution in [0.15, 0.2) is 60.9 Å². The van der Waals surface area contributed by atoms with Gasteiger partial charge in [0.15, 0.2) is 0 Å². The molecular formula is C19H16N4O2S. The van der Waals surface area contributed by atoms with Gasteiger partial charge in [0.25, 0.3) is 5.91 Å². The van der Waals surface area contributed by atoms with Crippen molar-refractivity contribution in [1.82, 2.24) is 9.38 Å². The Bertz CT molecular complexity index is 1100. The SMILES string of the molecule is NC(=O)c1sc(-c2cnc3ccccn23)cc1OCc1cccc(N)c1. The molecule has 4 N–H and O–H groups in total. The third-order valence-electron chi connectivity index (χ3n) is 3.94. The quantitative estimate of drug-likeness (QED) is 0.531. The van der Waals surface area contributed by atoms with Crippen LogP contribution in [-0.2, 0) is 6.61 Å². The van der Waals surface area contributed by atoms with Gasteiger partial charge in [-0.2, -0.15) is 0 Å². The number of carbonyl (C=O) groups is 1. The largest absolute Gasteiger partial charge is 0.487 e. The van der Waals surface area contributed by atoms with Crippen molar-refractivity contribution >= 4 is 28.6 Å². The van der Waals surface area contributed by atoms with Crippen molar-refractivity contribution in [2.24, 2.45) is 5.73 Å². The van der Waals surface area contributed by atoms with E-state index in [1.54, 1.807) is 6.20 Å². The van der Waals surface area contributed by atoms with E-state index in [1.807, 2.05) is 59.1 Å². The molecule has 1 amide bonds. The number of carbonyl (C=O) groups excluding carboxylic acids is 1. The Balaban J connectivity index is 1.68. The molecule has 0 fully saturated rings. The molecule has 26 heavy (non-hydrogen) atoms. The summed E-state index contributed by atoms with van der Waals surface area (Å²) in [7, 11) is 0. The van der Waals surface area contributed by atoms with Gasteiger partial charge in [-0.3, -0.25) is 9.20 Å². The maximum Gasteiger partial charge on any atom is 0.262 e. The predicted molar refractivity (Wildman–Crippen MR) is 102 cm³/mol. The molecule has 0 aliphatic heterocycles. The number of amides is 1. The molecule has 1 aromatic carbocycles. The summed E-state index contributed by atoms with van der Waals surface area (Å²) in [6.45, 7) is 0.300. The van der Waals surface area contributed by atoms with E-state index in [4.69, 9.17) is 16.2 Å². The van der Waals surface area contributed by atoms with Gasteiger partial charge < -0.3 is 16.2 Å². The van der Waals surface area contributed by atoms with Crippen LogP contribution < -0.4 is 16.2 Å². The van der Waals surface area contributed by atoms with Crippen LogP contribution in [0.5, 0.6) is 5.75 Å². The first-order chi connectivity index (χ1) is 12.6. The van der Waals surface area contributed by atoms with Crippen LogP contribution >= 0.6 is 11.3 Å². The van der Waals surface area contributed by atoms with E-state index in [0.29, 0.717) is 22.9 Å². The fourth-order valence-corrected chi connectivity index (χ4v) is 3.70. The van der Waals surface area contributed by atoms with E-state index in [0.717, 1.165) is 21.8 Å². The molecule has 0 saturated carbocycles. The van der Waals surface area contributed by atoms with Crippen molar-refractivity contribution in [3.63, 3.8) is 0 Å². The van der Waals surface area contributed by atoms with Crippen LogP contribution in [0.2, 0.25) is 0 Å². The number of imidazole rings is 1. The maximum absolute atomic E-state index is 11.8. The van der Waals surface area contributed by atoms with E-state index >= 15 is 0 Å². The van der Waals surface area contributed by atoms with Crippen molar-refractivity contribution in [2.75, 3.05) is 5.73 Å². The molecule has 0 spiro atoms. The van der Waals surface area contributed by atoms with Gasteiger partial charge >= 0.3 is 0 Å². The molecule has 0 aliphatic carbocycles. The predicted octanol–water partition coefficient (Wildman–Crippen LogP) is 3.32. The Morgan fingerprint density at radius 1 is 1.19 bits per heavy atom. The zero-order chi connectivity index (χ0) is 18.1. The second-order valence-corrected chi connectivity index (χ2v) is 6.83. The summed E-state index contributed by atoms with van der Waals surface area (Å²) >= 11 is 1.29. The molecule has 130 valence electrons. The number of primary amides is 1. The fourth-order valence-electron chi connectivity index (χ4n) is 2.74. The summed E-state index contributed by atoms with van der Waals surface area (Å²) in [6.07, 6.45) is 3.70. The highest BCUT2D eigenvalue weighted by atomic mass is 32.1. The standard InChI is InChI=1S/C19H16N4O2S/c20-13-5-3-4-12(8-13)11-25-15-9-16(26-18(15)19(21)24)14-10-22-17-6-1-2-7-23(14)17/h1-10H,11,20H2,(H2,21,24). The lowest BCUT2D eigenvalue weighted by atomic mass is 10.2. The van der Waals surface area contributed by atoms with E-state index < -0.39 is 5.91 Å². The van der Waals surface area contributed by atoms with Crippen molar-refractivity contribution in [3.05, 3.63) is 71.4 Å². The first-order valence-electron chi connectivity index (χ1n) is 7.95. The van der Waals surface area contributed by atoms with Gasteiger partial charge in [0.05, 0.1) is 16.8 Å². The number of anilines is 1. The number of fused-ring (bicyclic) bond motifs is 1. The highest BCUT2D eigenvalue weighted by Gasteiger charge is 2.18. The molecule has 6 nitrogen and oxygen atoms in total. The number of nitrogens with two attached hydrogens (primary N) is 2. The van der Waals surface area contributed by atoms with E-state index in [1.165, 1.54) is 11.3 Å². The highest BCUT2D eigenvalue weighted by molar-refractivity contribution is 7.17. The second kappa shape index (κ2) is 6.53. The lowest BCUT2D eigenvalue weighted by Crippen LogP contribution is -2.10. The van der Waals surface area contributed by atoms with Crippen molar-refractivity contribution in [1.29, 1.82) is 0 Å². The molecule has 0 atom stereocenters. The van der Waals surface area contributed by atoms with Gasteiger partial charge in [0.1, 0.15) is 22.9 Å². The smallest absolute Gasteiger partial charge is 0.262 e. The number of ether oxygens (including phenoxy) is 1. The molecule has 7 heteroatoms. The first-order valence-corrected chi connectivity index (χ1v) is 8.77. The van der Waals surface area contributed by atoms with E-state index in [9.17, 15) is 4.79 Å². The summed E-state index contributed by atoms with van der Waals surface area (Å²) in [6, 6.07) is 15.0. The zero-order valence-electron chi connectivity index (χ0n) is 13.8. The fraction of sp³-hybridized carbons (Fsp3) is 0.0526. The molecule has 4 rings (SSSR count). The number of aromatic nitrogens is 2. The van der Waals surface area contributed by atoms with Gasteiger partial charge in [-0.1, -0.05) is 18.2 Å². The average molecular weight is 364 g/mol. The van der Waals surface area contributed by atoms with Crippen molar-refractivity contribution < 1.29 is 9.53 Å². The number of thiophene rings is 1. The molecule has 0 unspecified atom stereocenters. The molecule has 4 aromatic rings. The number of benzene rings is 1. The number of pyridine rings is 1. The minimum Gasteiger partial charge on any atom is -0.487 e. The third kappa shape index (κ3) is 3.00. The van der Waals surface area contributed by atoms with Gasteiger partial charge in [0, 0.05) is 18.0 Å². The summed E-state index contributed by atoms with van der Waals surface area (Å²) in [5.41, 5.74) is 14.6. The Morgan fingerprint density at radius 3 is 2.88 bits per heavy atom. The lowest BCUT2D eigenvalue weighted by molar-refractivity contribution is 0.1000. The summed E-state index contributed by atoms with van der Waals surface area (Å²) < 4.78 is 7.81. The Kier molecular flexibility index (Phi) is 4.06. The Morgan fingerprint density at radius 2 is 2.08 bits per heavy atom. The van der Waals surface area contributed by atoms with Gasteiger partial charge in [-0.25, -0.2) is 4.98 Å². The van der Waals surface area contributed by atoms with Gasteiger partial charge in [-0.05, 0) is 29.8 Å². The summed E-state index contributed by atoms with van der Waals surface area (Å²) in [4.78, 5) is 17.5. The highest BCUT2D eigenvalue weighted by Crippen LogP contribution is 2.36. The molecule has 0 bridgehead atoms.